The number of amides is 1. The summed E-state index contributed by atoms with van der Waals surface area (Å²) in [5.41, 5.74) is 5.89. The van der Waals surface area contributed by atoms with Gasteiger partial charge in [-0.2, -0.15) is 0 Å². The molecule has 0 aliphatic rings. The van der Waals surface area contributed by atoms with Crippen molar-refractivity contribution in [2.24, 2.45) is 17.1 Å². The monoisotopic (exact) mass is 228 g/mol. The average Bonchev–Trinajstić information content (AvgIpc) is 2.12. The van der Waals surface area contributed by atoms with Crippen molar-refractivity contribution in [1.82, 2.24) is 5.32 Å². The van der Waals surface area contributed by atoms with E-state index in [0.29, 0.717) is 12.5 Å². The molecule has 0 aliphatic carbocycles. The van der Waals surface area contributed by atoms with Crippen molar-refractivity contribution in [3.05, 3.63) is 0 Å². The van der Waals surface area contributed by atoms with E-state index in [1.165, 1.54) is 0 Å². The lowest BCUT2D eigenvalue weighted by Crippen LogP contribution is -2.44. The second-order valence-corrected chi connectivity index (χ2v) is 5.88. The highest BCUT2D eigenvalue weighted by molar-refractivity contribution is 5.81. The minimum atomic E-state index is -0.347. The Kier molecular flexibility index (Phi) is 6.65. The van der Waals surface area contributed by atoms with Crippen molar-refractivity contribution < 1.29 is 4.79 Å². The minimum Gasteiger partial charge on any atom is -0.354 e. The number of hydrogen-bond donors (Lipinski definition) is 2. The van der Waals surface area contributed by atoms with Gasteiger partial charge < -0.3 is 11.1 Å². The normalized spacial score (nSPS) is 13.9. The molecule has 3 nitrogen and oxygen atoms in total. The molecule has 96 valence electrons. The molecule has 0 spiro atoms. The predicted octanol–water partition coefficient (Wildman–Crippen LogP) is 2.30. The average molecular weight is 228 g/mol. The van der Waals surface area contributed by atoms with Gasteiger partial charge in [-0.3, -0.25) is 4.79 Å². The summed E-state index contributed by atoms with van der Waals surface area (Å²) in [4.78, 5) is 11.6. The van der Waals surface area contributed by atoms with Crippen LogP contribution < -0.4 is 11.1 Å². The van der Waals surface area contributed by atoms with Crippen LogP contribution in [-0.2, 0) is 4.79 Å². The lowest BCUT2D eigenvalue weighted by Gasteiger charge is -2.27. The molecule has 0 aliphatic heterocycles. The van der Waals surface area contributed by atoms with Gasteiger partial charge in [0.25, 0.3) is 0 Å². The molecule has 0 aromatic rings. The lowest BCUT2D eigenvalue weighted by molar-refractivity contribution is -0.123. The van der Waals surface area contributed by atoms with Crippen LogP contribution in [0.4, 0.5) is 0 Å². The second kappa shape index (κ2) is 6.89. The molecule has 1 amide bonds. The first kappa shape index (κ1) is 15.4. The quantitative estimate of drug-likeness (QED) is 0.702. The molecule has 0 heterocycles. The number of nitrogens with two attached hydrogens (primary N) is 1. The van der Waals surface area contributed by atoms with Gasteiger partial charge >= 0.3 is 0 Å². The topological polar surface area (TPSA) is 55.1 Å². The van der Waals surface area contributed by atoms with E-state index in [1.54, 1.807) is 0 Å². The SMILES string of the molecule is CCCC(N)C(=O)NCC(C)(C)CC(C)C. The maximum absolute atomic E-state index is 11.6. The molecule has 1 unspecified atom stereocenters. The molecular weight excluding hydrogens is 200 g/mol. The number of carbonyl (C=O) groups excluding carboxylic acids is 1. The first-order chi connectivity index (χ1) is 7.28. The number of nitrogens with one attached hydrogen (secondary N) is 1. The molecule has 16 heavy (non-hydrogen) atoms. The van der Waals surface area contributed by atoms with Crippen molar-refractivity contribution in [1.29, 1.82) is 0 Å². The molecular formula is C13H28N2O. The van der Waals surface area contributed by atoms with Crippen LogP contribution in [0.5, 0.6) is 0 Å². The summed E-state index contributed by atoms with van der Waals surface area (Å²) in [6.07, 6.45) is 2.82. The van der Waals surface area contributed by atoms with Crippen molar-refractivity contribution in [3.63, 3.8) is 0 Å². The van der Waals surface area contributed by atoms with Gasteiger partial charge in [-0.05, 0) is 24.2 Å². The maximum atomic E-state index is 11.6. The van der Waals surface area contributed by atoms with Gasteiger partial charge in [0.2, 0.25) is 5.91 Å². The zero-order valence-electron chi connectivity index (χ0n) is 11.5. The fraction of sp³-hybridized carbons (Fsp3) is 0.923. The minimum absolute atomic E-state index is 0.0151. The Balaban J connectivity index is 3.99. The molecule has 0 aromatic carbocycles. The third-order valence-corrected chi connectivity index (χ3v) is 2.64. The Morgan fingerprint density at radius 2 is 1.94 bits per heavy atom. The van der Waals surface area contributed by atoms with Gasteiger partial charge in [-0.1, -0.05) is 41.0 Å². The number of rotatable bonds is 7. The van der Waals surface area contributed by atoms with Crippen LogP contribution in [0.25, 0.3) is 0 Å². The highest BCUT2D eigenvalue weighted by Crippen LogP contribution is 2.23. The molecule has 0 radical (unpaired) electrons. The van der Waals surface area contributed by atoms with Gasteiger partial charge in [0.05, 0.1) is 6.04 Å². The molecule has 0 saturated carbocycles. The lowest BCUT2D eigenvalue weighted by atomic mass is 9.84. The summed E-state index contributed by atoms with van der Waals surface area (Å²) >= 11 is 0. The van der Waals surface area contributed by atoms with Crippen LogP contribution in [0.2, 0.25) is 0 Å². The van der Waals surface area contributed by atoms with Crippen molar-refractivity contribution >= 4 is 5.91 Å². The van der Waals surface area contributed by atoms with Gasteiger partial charge in [0, 0.05) is 6.54 Å². The van der Waals surface area contributed by atoms with Crippen LogP contribution >= 0.6 is 0 Å². The molecule has 3 heteroatoms. The van der Waals surface area contributed by atoms with Crippen LogP contribution in [-0.4, -0.2) is 18.5 Å². The fourth-order valence-corrected chi connectivity index (χ4v) is 2.08. The summed E-state index contributed by atoms with van der Waals surface area (Å²) in [7, 11) is 0. The molecule has 0 aromatic heterocycles. The van der Waals surface area contributed by atoms with Crippen molar-refractivity contribution in [2.45, 2.75) is 59.9 Å². The second-order valence-electron chi connectivity index (χ2n) is 5.88. The smallest absolute Gasteiger partial charge is 0.236 e. The Morgan fingerprint density at radius 1 is 1.38 bits per heavy atom. The summed E-state index contributed by atoms with van der Waals surface area (Å²) in [6, 6.07) is -0.347. The molecule has 0 bridgehead atoms. The Hall–Kier alpha value is -0.570. The van der Waals surface area contributed by atoms with E-state index in [0.717, 1.165) is 19.3 Å². The van der Waals surface area contributed by atoms with Gasteiger partial charge in [0.1, 0.15) is 0 Å². The van der Waals surface area contributed by atoms with Crippen molar-refractivity contribution in [3.8, 4) is 0 Å². The molecule has 1 atom stereocenters. The number of carbonyl (C=O) groups is 1. The van der Waals surface area contributed by atoms with E-state index < -0.39 is 0 Å². The van der Waals surface area contributed by atoms with E-state index in [2.05, 4.69) is 33.0 Å². The van der Waals surface area contributed by atoms with Crippen LogP contribution in [0.15, 0.2) is 0 Å². The van der Waals surface area contributed by atoms with Crippen molar-refractivity contribution in [2.75, 3.05) is 6.54 Å². The predicted molar refractivity (Wildman–Crippen MR) is 69.1 cm³/mol. The standard InChI is InChI=1S/C13H28N2O/c1-6-7-11(14)12(16)15-9-13(4,5)8-10(2)3/h10-11H,6-9,14H2,1-5H3,(H,15,16). The summed E-state index contributed by atoms with van der Waals surface area (Å²) in [5.74, 6) is 0.634. The number of hydrogen-bond acceptors (Lipinski definition) is 2. The first-order valence-corrected chi connectivity index (χ1v) is 6.32. The highest BCUT2D eigenvalue weighted by Gasteiger charge is 2.21. The Bertz CT molecular complexity index is 212. The molecule has 0 fully saturated rings. The molecule has 0 rings (SSSR count). The van der Waals surface area contributed by atoms with Gasteiger partial charge in [-0.15, -0.1) is 0 Å². The Labute approximate surface area is 100 Å². The van der Waals surface area contributed by atoms with Crippen LogP contribution in [0, 0.1) is 11.3 Å². The van der Waals surface area contributed by atoms with E-state index in [4.69, 9.17) is 5.73 Å². The van der Waals surface area contributed by atoms with Gasteiger partial charge in [-0.25, -0.2) is 0 Å². The van der Waals surface area contributed by atoms with Gasteiger partial charge in [0.15, 0.2) is 0 Å². The zero-order valence-corrected chi connectivity index (χ0v) is 11.5. The van der Waals surface area contributed by atoms with E-state index in [1.807, 2.05) is 6.92 Å². The Morgan fingerprint density at radius 3 is 2.38 bits per heavy atom. The summed E-state index contributed by atoms with van der Waals surface area (Å²) < 4.78 is 0. The summed E-state index contributed by atoms with van der Waals surface area (Å²) in [6.45, 7) is 11.5. The third kappa shape index (κ3) is 6.83. The maximum Gasteiger partial charge on any atom is 0.236 e. The molecule has 0 saturated heterocycles. The zero-order chi connectivity index (χ0) is 12.8. The third-order valence-electron chi connectivity index (χ3n) is 2.64. The highest BCUT2D eigenvalue weighted by atomic mass is 16.2. The van der Waals surface area contributed by atoms with Crippen LogP contribution in [0.1, 0.15) is 53.9 Å². The fourth-order valence-electron chi connectivity index (χ4n) is 2.08. The van der Waals surface area contributed by atoms with E-state index >= 15 is 0 Å². The van der Waals surface area contributed by atoms with Crippen LogP contribution in [0.3, 0.4) is 0 Å². The van der Waals surface area contributed by atoms with E-state index in [9.17, 15) is 4.79 Å². The van der Waals surface area contributed by atoms with E-state index in [-0.39, 0.29) is 17.4 Å². The largest absolute Gasteiger partial charge is 0.354 e. The summed E-state index contributed by atoms with van der Waals surface area (Å²) in [5, 5.41) is 2.95. The first-order valence-electron chi connectivity index (χ1n) is 6.32. The molecule has 3 N–H and O–H groups in total.